The zero-order valence-corrected chi connectivity index (χ0v) is 15.3. The molecule has 140 valence electrons. The van der Waals surface area contributed by atoms with Crippen LogP contribution in [0.25, 0.3) is 10.8 Å². The first-order valence-electron chi connectivity index (χ1n) is 9.12. The van der Waals surface area contributed by atoms with Crippen LogP contribution in [0.15, 0.2) is 79.4 Å². The Balaban J connectivity index is 1.52. The summed E-state index contributed by atoms with van der Waals surface area (Å²) in [5, 5.41) is 11.9. The summed E-state index contributed by atoms with van der Waals surface area (Å²) in [4.78, 5) is 15.6. The lowest BCUT2D eigenvalue weighted by Crippen LogP contribution is -2.08. The molecule has 1 heterocycles. The van der Waals surface area contributed by atoms with Crippen LogP contribution in [0.4, 0.5) is 0 Å². The van der Waals surface area contributed by atoms with Gasteiger partial charge in [-0.3, -0.25) is 0 Å². The Morgan fingerprint density at radius 2 is 1.93 bits per heavy atom. The molecule has 1 aromatic heterocycles. The van der Waals surface area contributed by atoms with E-state index in [4.69, 9.17) is 4.74 Å². The molecular formula is C23H20N2O3. The van der Waals surface area contributed by atoms with Gasteiger partial charge in [-0.05, 0) is 34.0 Å². The number of fused-ring (bicyclic) bond motifs is 1. The predicted molar refractivity (Wildman–Crippen MR) is 108 cm³/mol. The van der Waals surface area contributed by atoms with Crippen molar-refractivity contribution in [1.82, 2.24) is 9.55 Å². The highest BCUT2D eigenvalue weighted by Gasteiger charge is 2.13. The van der Waals surface area contributed by atoms with E-state index >= 15 is 0 Å². The smallest absolute Gasteiger partial charge is 0.339 e. The van der Waals surface area contributed by atoms with E-state index in [1.807, 2.05) is 29.0 Å². The summed E-state index contributed by atoms with van der Waals surface area (Å²) in [6, 6.07) is 19.6. The monoisotopic (exact) mass is 372 g/mol. The molecule has 28 heavy (non-hydrogen) atoms. The summed E-state index contributed by atoms with van der Waals surface area (Å²) in [5.41, 5.74) is 2.32. The van der Waals surface area contributed by atoms with Crippen LogP contribution in [-0.4, -0.2) is 27.2 Å². The van der Waals surface area contributed by atoms with Crippen molar-refractivity contribution in [3.63, 3.8) is 0 Å². The molecule has 5 nitrogen and oxygen atoms in total. The van der Waals surface area contributed by atoms with Crippen LogP contribution >= 0.6 is 0 Å². The number of rotatable bonds is 7. The van der Waals surface area contributed by atoms with E-state index in [0.29, 0.717) is 25.3 Å². The maximum absolute atomic E-state index is 11.6. The van der Waals surface area contributed by atoms with E-state index in [2.05, 4.69) is 29.2 Å². The molecule has 0 saturated carbocycles. The number of benzene rings is 3. The van der Waals surface area contributed by atoms with E-state index in [9.17, 15) is 9.90 Å². The third-order valence-corrected chi connectivity index (χ3v) is 4.71. The lowest BCUT2D eigenvalue weighted by molar-refractivity contribution is 0.0692. The largest absolute Gasteiger partial charge is 0.492 e. The zero-order chi connectivity index (χ0) is 19.3. The SMILES string of the molecule is O=C(O)c1ccc(Cn2ccnc2)cc1OCCc1cccc2ccccc12. The Morgan fingerprint density at radius 1 is 1.07 bits per heavy atom. The van der Waals surface area contributed by atoms with Crippen LogP contribution in [0.5, 0.6) is 5.75 Å². The second-order valence-corrected chi connectivity index (χ2v) is 6.61. The number of aromatic nitrogens is 2. The first kappa shape index (κ1) is 17.8. The van der Waals surface area contributed by atoms with E-state index in [-0.39, 0.29) is 5.56 Å². The van der Waals surface area contributed by atoms with E-state index in [1.165, 1.54) is 16.3 Å². The highest BCUT2D eigenvalue weighted by Crippen LogP contribution is 2.23. The van der Waals surface area contributed by atoms with Gasteiger partial charge in [-0.25, -0.2) is 9.78 Å². The molecule has 0 aliphatic rings. The predicted octanol–water partition coefficient (Wildman–Crippen LogP) is 4.40. The van der Waals surface area contributed by atoms with Gasteiger partial charge in [0.05, 0.1) is 12.9 Å². The van der Waals surface area contributed by atoms with Crippen LogP contribution in [-0.2, 0) is 13.0 Å². The van der Waals surface area contributed by atoms with Gasteiger partial charge in [-0.2, -0.15) is 0 Å². The molecule has 0 bridgehead atoms. The van der Waals surface area contributed by atoms with Gasteiger partial charge in [0.2, 0.25) is 0 Å². The average molecular weight is 372 g/mol. The van der Waals surface area contributed by atoms with Gasteiger partial charge < -0.3 is 14.4 Å². The molecule has 1 N–H and O–H groups in total. The molecule has 4 rings (SSSR count). The summed E-state index contributed by atoms with van der Waals surface area (Å²) >= 11 is 0. The third-order valence-electron chi connectivity index (χ3n) is 4.71. The van der Waals surface area contributed by atoms with Crippen LogP contribution in [0.3, 0.4) is 0 Å². The van der Waals surface area contributed by atoms with Crippen LogP contribution < -0.4 is 4.74 Å². The van der Waals surface area contributed by atoms with Crippen LogP contribution in [0.1, 0.15) is 21.5 Å². The number of nitrogens with zero attached hydrogens (tertiary/aromatic N) is 2. The first-order chi connectivity index (χ1) is 13.7. The molecule has 0 unspecified atom stereocenters. The number of carboxylic acid groups (broad SMARTS) is 1. The van der Waals surface area contributed by atoms with E-state index < -0.39 is 5.97 Å². The normalized spacial score (nSPS) is 10.9. The molecule has 0 saturated heterocycles. The Bertz CT molecular complexity index is 1100. The number of aromatic carboxylic acids is 1. The van der Waals surface area contributed by atoms with Crippen molar-refractivity contribution >= 4 is 16.7 Å². The van der Waals surface area contributed by atoms with E-state index in [1.54, 1.807) is 30.7 Å². The van der Waals surface area contributed by atoms with Gasteiger partial charge in [0.15, 0.2) is 0 Å². The molecule has 3 aromatic carbocycles. The van der Waals surface area contributed by atoms with Crippen molar-refractivity contribution in [2.45, 2.75) is 13.0 Å². The number of imidazole rings is 1. The van der Waals surface area contributed by atoms with Gasteiger partial charge in [-0.15, -0.1) is 0 Å². The number of ether oxygens (including phenoxy) is 1. The Kier molecular flexibility index (Phi) is 5.06. The van der Waals surface area contributed by atoms with Gasteiger partial charge in [0, 0.05) is 25.4 Å². The fourth-order valence-electron chi connectivity index (χ4n) is 3.33. The second-order valence-electron chi connectivity index (χ2n) is 6.61. The van der Waals surface area contributed by atoms with Gasteiger partial charge >= 0.3 is 5.97 Å². The maximum Gasteiger partial charge on any atom is 0.339 e. The Morgan fingerprint density at radius 3 is 2.75 bits per heavy atom. The van der Waals surface area contributed by atoms with Crippen molar-refractivity contribution in [2.75, 3.05) is 6.61 Å². The molecule has 4 aromatic rings. The first-order valence-corrected chi connectivity index (χ1v) is 9.12. The molecule has 0 spiro atoms. The lowest BCUT2D eigenvalue weighted by Gasteiger charge is -2.12. The fraction of sp³-hybridized carbons (Fsp3) is 0.130. The quantitative estimate of drug-likeness (QED) is 0.522. The summed E-state index contributed by atoms with van der Waals surface area (Å²) < 4.78 is 7.83. The molecule has 0 aliphatic carbocycles. The van der Waals surface area contributed by atoms with Crippen LogP contribution in [0.2, 0.25) is 0 Å². The van der Waals surface area contributed by atoms with Gasteiger partial charge in [0.1, 0.15) is 11.3 Å². The summed E-state index contributed by atoms with van der Waals surface area (Å²) in [7, 11) is 0. The summed E-state index contributed by atoms with van der Waals surface area (Å²) in [6.07, 6.45) is 6.01. The number of carboxylic acids is 1. The summed E-state index contributed by atoms with van der Waals surface area (Å²) in [5.74, 6) is -0.598. The highest BCUT2D eigenvalue weighted by molar-refractivity contribution is 5.91. The van der Waals surface area contributed by atoms with Crippen molar-refractivity contribution in [1.29, 1.82) is 0 Å². The molecular weight excluding hydrogens is 352 g/mol. The zero-order valence-electron chi connectivity index (χ0n) is 15.3. The lowest BCUT2D eigenvalue weighted by atomic mass is 10.0. The van der Waals surface area contributed by atoms with Gasteiger partial charge in [0.25, 0.3) is 0 Å². The second kappa shape index (κ2) is 7.96. The average Bonchev–Trinajstić information content (AvgIpc) is 3.21. The van der Waals surface area contributed by atoms with Crippen molar-refractivity contribution in [3.8, 4) is 5.75 Å². The minimum atomic E-state index is -0.991. The Hall–Kier alpha value is -3.60. The van der Waals surface area contributed by atoms with Crippen molar-refractivity contribution in [3.05, 3.63) is 96.1 Å². The third kappa shape index (κ3) is 3.88. The number of carbonyl (C=O) groups is 1. The molecule has 0 radical (unpaired) electrons. The number of hydrogen-bond acceptors (Lipinski definition) is 3. The minimum absolute atomic E-state index is 0.173. The molecule has 0 atom stereocenters. The number of hydrogen-bond donors (Lipinski definition) is 1. The maximum atomic E-state index is 11.6. The molecule has 0 amide bonds. The molecule has 0 aliphatic heterocycles. The van der Waals surface area contributed by atoms with Gasteiger partial charge in [-0.1, -0.05) is 48.5 Å². The highest BCUT2D eigenvalue weighted by atomic mass is 16.5. The van der Waals surface area contributed by atoms with Crippen LogP contribution in [0, 0.1) is 0 Å². The minimum Gasteiger partial charge on any atom is -0.492 e. The Labute approximate surface area is 162 Å². The summed E-state index contributed by atoms with van der Waals surface area (Å²) in [6.45, 7) is 1.02. The molecule has 0 fully saturated rings. The standard InChI is InChI=1S/C23H20N2O3/c26-23(27)21-9-8-17(15-25-12-11-24-16-25)14-22(21)28-13-10-19-6-3-5-18-4-1-2-7-20(18)19/h1-9,11-12,14,16H,10,13,15H2,(H,26,27). The molecule has 5 heteroatoms. The fourth-order valence-corrected chi connectivity index (χ4v) is 3.33. The van der Waals surface area contributed by atoms with E-state index in [0.717, 1.165) is 5.56 Å². The topological polar surface area (TPSA) is 64.3 Å². The van der Waals surface area contributed by atoms with Crippen molar-refractivity contribution < 1.29 is 14.6 Å². The van der Waals surface area contributed by atoms with Crippen molar-refractivity contribution in [2.24, 2.45) is 0 Å².